The van der Waals surface area contributed by atoms with Crippen molar-refractivity contribution in [1.29, 1.82) is 0 Å². The van der Waals surface area contributed by atoms with Crippen LogP contribution in [0.15, 0.2) is 65.2 Å². The molecule has 0 unspecified atom stereocenters. The molecule has 0 spiro atoms. The average Bonchev–Trinajstić information content (AvgIpc) is 3.43. The summed E-state index contributed by atoms with van der Waals surface area (Å²) in [7, 11) is 1.68. The van der Waals surface area contributed by atoms with Gasteiger partial charge in [-0.3, -0.25) is 0 Å². The van der Waals surface area contributed by atoms with E-state index in [1.54, 1.807) is 17.7 Å². The van der Waals surface area contributed by atoms with E-state index in [4.69, 9.17) is 12.6 Å². The van der Waals surface area contributed by atoms with Crippen LogP contribution < -0.4 is 4.57 Å². The van der Waals surface area contributed by atoms with Crippen LogP contribution >= 0.6 is 0 Å². The summed E-state index contributed by atoms with van der Waals surface area (Å²) in [5, 5.41) is 1.45. The molecule has 0 bridgehead atoms. The molecule has 2 aliphatic rings. The van der Waals surface area contributed by atoms with Crippen LogP contribution in [0.4, 0.5) is 4.39 Å². The first-order valence-electron chi connectivity index (χ1n) is 19.0. The molecular weight excluding hydrogens is 517 g/mol. The highest BCUT2D eigenvalue weighted by molar-refractivity contribution is 6.13. The number of fused-ring (bicyclic) bond motifs is 3. The van der Waals surface area contributed by atoms with Gasteiger partial charge in [0.1, 0.15) is 24.0 Å². The Bertz CT molecular complexity index is 2030. The zero-order chi connectivity index (χ0) is 34.9. The first kappa shape index (κ1) is 20.4. The SMILES string of the molecule is [2H]C([2H])([2H])c1cc(-c2c(C)ccc3c2oc2c(-c4ccc(C5([2H])CCC(C6CCCCC6)CC5)cc4)c(F)ccc23)[n+](C)cc1C([2H])([2H])[2H]. The molecule has 2 aliphatic carbocycles. The van der Waals surface area contributed by atoms with E-state index in [9.17, 15) is 1.37 Å². The van der Waals surface area contributed by atoms with Crippen LogP contribution in [0.25, 0.3) is 44.3 Å². The third kappa shape index (κ3) is 4.75. The second-order valence-electron chi connectivity index (χ2n) is 12.5. The minimum absolute atomic E-state index is 0.229. The van der Waals surface area contributed by atoms with Crippen molar-refractivity contribution >= 4 is 21.9 Å². The number of hydrogen-bond acceptors (Lipinski definition) is 1. The fourth-order valence-electron chi connectivity index (χ4n) is 7.69. The molecule has 2 fully saturated rings. The van der Waals surface area contributed by atoms with E-state index in [0.29, 0.717) is 38.9 Å². The predicted molar refractivity (Wildman–Crippen MR) is 171 cm³/mol. The molecule has 42 heavy (non-hydrogen) atoms. The van der Waals surface area contributed by atoms with Gasteiger partial charge in [-0.25, -0.2) is 8.96 Å². The van der Waals surface area contributed by atoms with Gasteiger partial charge < -0.3 is 4.42 Å². The van der Waals surface area contributed by atoms with Crippen LogP contribution in [0.5, 0.6) is 0 Å². The van der Waals surface area contributed by atoms with E-state index in [1.807, 2.05) is 43.3 Å². The largest absolute Gasteiger partial charge is 0.454 e. The highest BCUT2D eigenvalue weighted by Crippen LogP contribution is 2.45. The lowest BCUT2D eigenvalue weighted by atomic mass is 9.70. The molecule has 216 valence electrons. The molecule has 0 atom stereocenters. The third-order valence-corrected chi connectivity index (χ3v) is 10.0. The molecule has 0 radical (unpaired) electrons. The summed E-state index contributed by atoms with van der Waals surface area (Å²) in [4.78, 5) is 0. The molecule has 2 aromatic heterocycles. The van der Waals surface area contributed by atoms with Gasteiger partial charge in [0, 0.05) is 32.0 Å². The van der Waals surface area contributed by atoms with Gasteiger partial charge in [-0.15, -0.1) is 0 Å². The van der Waals surface area contributed by atoms with Crippen LogP contribution in [-0.2, 0) is 7.05 Å². The van der Waals surface area contributed by atoms with Gasteiger partial charge in [-0.2, -0.15) is 0 Å². The van der Waals surface area contributed by atoms with Crippen LogP contribution in [0.3, 0.4) is 0 Å². The average molecular weight is 568 g/mol. The maximum Gasteiger partial charge on any atom is 0.216 e. The lowest BCUT2D eigenvalue weighted by molar-refractivity contribution is -0.660. The second kappa shape index (κ2) is 11.0. The molecule has 2 heterocycles. The highest BCUT2D eigenvalue weighted by Gasteiger charge is 2.29. The maximum atomic E-state index is 15.8. The zero-order valence-electron chi connectivity index (χ0n) is 31.5. The quantitative estimate of drug-likeness (QED) is 0.197. The van der Waals surface area contributed by atoms with E-state index < -0.39 is 25.4 Å². The number of benzene rings is 3. The van der Waals surface area contributed by atoms with Crippen molar-refractivity contribution in [1.82, 2.24) is 0 Å². The number of furan rings is 1. The Morgan fingerprint density at radius 2 is 1.43 bits per heavy atom. The number of hydrogen-bond donors (Lipinski definition) is 0. The number of pyridine rings is 1. The molecule has 2 saturated carbocycles. The molecule has 3 aromatic carbocycles. The van der Waals surface area contributed by atoms with Crippen molar-refractivity contribution in [3.05, 3.63) is 88.9 Å². The van der Waals surface area contributed by atoms with Crippen molar-refractivity contribution in [3.8, 4) is 22.4 Å². The summed E-state index contributed by atoms with van der Waals surface area (Å²) >= 11 is 0. The molecule has 0 aliphatic heterocycles. The van der Waals surface area contributed by atoms with E-state index in [0.717, 1.165) is 54.0 Å². The normalized spacial score (nSPS) is 24.8. The Labute approximate surface area is 259 Å². The predicted octanol–water partition coefficient (Wildman–Crippen LogP) is 10.7. The van der Waals surface area contributed by atoms with Crippen LogP contribution in [0.1, 0.15) is 95.5 Å². The molecular formula is C39H43FNO+. The minimum Gasteiger partial charge on any atom is -0.454 e. The van der Waals surface area contributed by atoms with Gasteiger partial charge in [0.25, 0.3) is 0 Å². The summed E-state index contributed by atoms with van der Waals surface area (Å²) < 4.78 is 81.6. The van der Waals surface area contributed by atoms with Gasteiger partial charge in [-0.05, 0) is 98.4 Å². The van der Waals surface area contributed by atoms with Crippen molar-refractivity contribution in [2.75, 3.05) is 0 Å². The number of halogens is 1. The fraction of sp³-hybridized carbons (Fsp3) is 0.410. The molecule has 3 heteroatoms. The van der Waals surface area contributed by atoms with E-state index >= 15 is 4.39 Å². The Morgan fingerprint density at radius 3 is 2.14 bits per heavy atom. The van der Waals surface area contributed by atoms with E-state index in [1.165, 1.54) is 50.4 Å². The summed E-state index contributed by atoms with van der Waals surface area (Å²) in [6.45, 7) is -3.39. The van der Waals surface area contributed by atoms with Gasteiger partial charge in [-0.1, -0.05) is 68.5 Å². The molecule has 2 nitrogen and oxygen atoms in total. The first-order chi connectivity index (χ1) is 23.2. The Hall–Kier alpha value is -3.46. The Balaban J connectivity index is 1.28. The summed E-state index contributed by atoms with van der Waals surface area (Å²) in [6, 6.07) is 16.1. The van der Waals surface area contributed by atoms with Gasteiger partial charge in [0.15, 0.2) is 6.20 Å². The Kier molecular flexibility index (Phi) is 5.35. The first-order valence-corrected chi connectivity index (χ1v) is 15.5. The minimum atomic E-state index is -2.66. The van der Waals surface area contributed by atoms with Crippen LogP contribution in [0.2, 0.25) is 0 Å². The number of aromatic nitrogens is 1. The van der Waals surface area contributed by atoms with Gasteiger partial charge in [0.05, 0.1) is 11.1 Å². The van der Waals surface area contributed by atoms with Crippen molar-refractivity contribution in [2.45, 2.75) is 84.3 Å². The topological polar surface area (TPSA) is 17.0 Å². The standard InChI is InChI=1S/C39H43FNO/c1-24-10-19-32-33-20-21-34(40)37(39(33)42-38(32)36(24)35-22-25(2)26(3)23-41(35)4)31-17-15-30(16-18-31)29-13-11-28(12-14-29)27-8-6-5-7-9-27/h10,15-23,27-29H,5-9,11-14H2,1-4H3/q+1/i2D3,3D3,29D. The summed E-state index contributed by atoms with van der Waals surface area (Å²) in [5.74, 6) is 0.478. The van der Waals surface area contributed by atoms with Crippen LogP contribution in [0, 0.1) is 38.3 Å². The van der Waals surface area contributed by atoms with Crippen LogP contribution in [-0.4, -0.2) is 0 Å². The smallest absolute Gasteiger partial charge is 0.216 e. The monoisotopic (exact) mass is 567 g/mol. The molecule has 0 N–H and O–H groups in total. The summed E-state index contributed by atoms with van der Waals surface area (Å²) in [6.07, 6.45) is 11.9. The van der Waals surface area contributed by atoms with E-state index in [-0.39, 0.29) is 11.1 Å². The lowest BCUT2D eigenvalue weighted by Gasteiger charge is -2.36. The number of nitrogens with zero attached hydrogens (tertiary/aromatic N) is 1. The number of aryl methyl sites for hydroxylation is 4. The van der Waals surface area contributed by atoms with Gasteiger partial charge in [0.2, 0.25) is 5.69 Å². The molecule has 5 aromatic rings. The van der Waals surface area contributed by atoms with E-state index in [2.05, 4.69) is 0 Å². The third-order valence-electron chi connectivity index (χ3n) is 10.0. The van der Waals surface area contributed by atoms with Crippen molar-refractivity contribution in [2.24, 2.45) is 18.9 Å². The maximum absolute atomic E-state index is 15.8. The van der Waals surface area contributed by atoms with Crippen molar-refractivity contribution in [3.63, 3.8) is 0 Å². The molecule has 0 amide bonds. The summed E-state index contributed by atoms with van der Waals surface area (Å²) in [5.41, 5.74) is 4.20. The number of rotatable bonds is 4. The highest BCUT2D eigenvalue weighted by atomic mass is 19.1. The lowest BCUT2D eigenvalue weighted by Crippen LogP contribution is -2.31. The molecule has 0 saturated heterocycles. The van der Waals surface area contributed by atoms with Gasteiger partial charge >= 0.3 is 0 Å². The fourth-order valence-corrected chi connectivity index (χ4v) is 7.69. The molecule has 7 rings (SSSR count). The zero-order valence-corrected chi connectivity index (χ0v) is 24.5. The Morgan fingerprint density at radius 1 is 0.762 bits per heavy atom. The second-order valence-corrected chi connectivity index (χ2v) is 12.5. The van der Waals surface area contributed by atoms with Crippen molar-refractivity contribution < 1.29 is 23.0 Å².